The minimum atomic E-state index is -1.01. The van der Waals surface area contributed by atoms with E-state index in [1.807, 2.05) is 37.3 Å². The van der Waals surface area contributed by atoms with Gasteiger partial charge in [-0.2, -0.15) is 0 Å². The van der Waals surface area contributed by atoms with Crippen LogP contribution in [0.3, 0.4) is 0 Å². The standard InChI is InChI=1S/C27H22BrClN2O5S/c1-3-35-22-12-18(20(28)14-23(22)36-15-17-6-4-5-7-21(17)29)13-24-25(32)31(2)27(37-24)30-19-10-8-16(9-11-19)26(33)34/h4-14H,3,15H2,1-2H3,(H,33,34)/b24-13-,30-27?. The topological polar surface area (TPSA) is 88.4 Å². The fraction of sp³-hybridized carbons (Fsp3) is 0.148. The number of likely N-dealkylation sites (N-methyl/N-ethyl adjacent to an activating group) is 1. The van der Waals surface area contributed by atoms with Crippen LogP contribution in [0.25, 0.3) is 6.08 Å². The van der Waals surface area contributed by atoms with Gasteiger partial charge in [0.15, 0.2) is 16.7 Å². The Kier molecular flexibility index (Phi) is 8.58. The molecule has 0 spiro atoms. The van der Waals surface area contributed by atoms with Gasteiger partial charge < -0.3 is 14.6 Å². The summed E-state index contributed by atoms with van der Waals surface area (Å²) < 4.78 is 12.6. The second-order valence-corrected chi connectivity index (χ2v) is 10.1. The minimum absolute atomic E-state index is 0.169. The summed E-state index contributed by atoms with van der Waals surface area (Å²) in [6.45, 7) is 2.60. The number of halogens is 2. The lowest BCUT2D eigenvalue weighted by Gasteiger charge is -2.14. The number of nitrogens with zero attached hydrogens (tertiary/aromatic N) is 2. The van der Waals surface area contributed by atoms with Crippen LogP contribution in [0.15, 0.2) is 75.0 Å². The number of amidine groups is 1. The van der Waals surface area contributed by atoms with Gasteiger partial charge in [0.05, 0.1) is 22.8 Å². The first-order chi connectivity index (χ1) is 17.8. The van der Waals surface area contributed by atoms with Gasteiger partial charge in [0, 0.05) is 22.1 Å². The zero-order chi connectivity index (χ0) is 26.5. The lowest BCUT2D eigenvalue weighted by atomic mass is 10.1. The Labute approximate surface area is 231 Å². The highest BCUT2D eigenvalue weighted by atomic mass is 79.9. The zero-order valence-electron chi connectivity index (χ0n) is 19.9. The molecule has 0 radical (unpaired) electrons. The van der Waals surface area contributed by atoms with Gasteiger partial charge in [-0.3, -0.25) is 9.69 Å². The molecule has 0 aromatic heterocycles. The predicted octanol–water partition coefficient (Wildman–Crippen LogP) is 7.01. The van der Waals surface area contributed by atoms with Gasteiger partial charge in [-0.05, 0) is 72.8 Å². The monoisotopic (exact) mass is 600 g/mol. The molecule has 10 heteroatoms. The molecule has 190 valence electrons. The number of aromatic carboxylic acids is 1. The van der Waals surface area contributed by atoms with Gasteiger partial charge in [-0.25, -0.2) is 9.79 Å². The van der Waals surface area contributed by atoms with Crippen molar-refractivity contribution in [1.82, 2.24) is 4.90 Å². The largest absolute Gasteiger partial charge is 0.490 e. The molecule has 7 nitrogen and oxygen atoms in total. The molecule has 3 aromatic rings. The average Bonchev–Trinajstić information content (AvgIpc) is 3.14. The fourth-order valence-electron chi connectivity index (χ4n) is 3.40. The van der Waals surface area contributed by atoms with Crippen molar-refractivity contribution in [3.63, 3.8) is 0 Å². The van der Waals surface area contributed by atoms with Crippen LogP contribution in [0.5, 0.6) is 11.5 Å². The van der Waals surface area contributed by atoms with Gasteiger partial charge in [0.1, 0.15) is 6.61 Å². The Balaban J connectivity index is 1.58. The second kappa shape index (κ2) is 11.9. The summed E-state index contributed by atoms with van der Waals surface area (Å²) in [6, 6.07) is 17.2. The van der Waals surface area contributed by atoms with Crippen molar-refractivity contribution in [2.75, 3.05) is 13.7 Å². The Bertz CT molecular complexity index is 1410. The van der Waals surface area contributed by atoms with E-state index in [9.17, 15) is 9.59 Å². The number of amides is 1. The maximum Gasteiger partial charge on any atom is 0.335 e. The highest BCUT2D eigenvalue weighted by Crippen LogP contribution is 2.39. The van der Waals surface area contributed by atoms with E-state index in [0.29, 0.717) is 38.9 Å². The molecule has 1 saturated heterocycles. The number of thioether (sulfide) groups is 1. The van der Waals surface area contributed by atoms with Crippen molar-refractivity contribution < 1.29 is 24.2 Å². The summed E-state index contributed by atoms with van der Waals surface area (Å²) in [5.41, 5.74) is 2.31. The first-order valence-electron chi connectivity index (χ1n) is 11.2. The number of benzene rings is 3. The number of ether oxygens (including phenoxy) is 2. The number of carbonyl (C=O) groups excluding carboxylic acids is 1. The number of carboxylic acids is 1. The van der Waals surface area contributed by atoms with E-state index in [1.165, 1.54) is 28.8 Å². The molecule has 1 aliphatic heterocycles. The molecule has 4 rings (SSSR count). The molecule has 0 atom stereocenters. The summed E-state index contributed by atoms with van der Waals surface area (Å²) in [5, 5.41) is 10.2. The number of aliphatic imine (C=N–C) groups is 1. The molecule has 1 aliphatic rings. The summed E-state index contributed by atoms with van der Waals surface area (Å²) in [7, 11) is 1.65. The van der Waals surface area contributed by atoms with Crippen LogP contribution in [0.4, 0.5) is 5.69 Å². The third-order valence-electron chi connectivity index (χ3n) is 5.33. The zero-order valence-corrected chi connectivity index (χ0v) is 23.1. The van der Waals surface area contributed by atoms with Crippen LogP contribution < -0.4 is 9.47 Å². The number of carboxylic acid groups (broad SMARTS) is 1. The van der Waals surface area contributed by atoms with Crippen LogP contribution >= 0.6 is 39.3 Å². The summed E-state index contributed by atoms with van der Waals surface area (Å²) in [5.74, 6) is -0.120. The molecule has 0 bridgehead atoms. The van der Waals surface area contributed by atoms with Crippen molar-refractivity contribution in [2.45, 2.75) is 13.5 Å². The number of rotatable bonds is 8. The minimum Gasteiger partial charge on any atom is -0.490 e. The van der Waals surface area contributed by atoms with E-state index in [-0.39, 0.29) is 18.1 Å². The van der Waals surface area contributed by atoms with Gasteiger partial charge in [0.25, 0.3) is 5.91 Å². The number of hydrogen-bond donors (Lipinski definition) is 1. The van der Waals surface area contributed by atoms with E-state index in [2.05, 4.69) is 20.9 Å². The van der Waals surface area contributed by atoms with Crippen molar-refractivity contribution in [1.29, 1.82) is 0 Å². The number of carbonyl (C=O) groups is 2. The first kappa shape index (κ1) is 26.8. The maximum absolute atomic E-state index is 12.9. The molecule has 1 amide bonds. The van der Waals surface area contributed by atoms with Gasteiger partial charge in [-0.1, -0.05) is 45.7 Å². The van der Waals surface area contributed by atoms with E-state index in [1.54, 1.807) is 31.3 Å². The second-order valence-electron chi connectivity index (χ2n) is 7.85. The van der Waals surface area contributed by atoms with Crippen LogP contribution in [-0.2, 0) is 11.4 Å². The van der Waals surface area contributed by atoms with Crippen LogP contribution in [0, 0.1) is 0 Å². The van der Waals surface area contributed by atoms with E-state index in [0.717, 1.165) is 15.6 Å². The van der Waals surface area contributed by atoms with Crippen LogP contribution in [0.1, 0.15) is 28.4 Å². The highest BCUT2D eigenvalue weighted by Gasteiger charge is 2.30. The Morgan fingerprint density at radius 1 is 1.14 bits per heavy atom. The molecule has 1 heterocycles. The Morgan fingerprint density at radius 3 is 2.51 bits per heavy atom. The van der Waals surface area contributed by atoms with Crippen molar-refractivity contribution in [3.8, 4) is 11.5 Å². The fourth-order valence-corrected chi connectivity index (χ4v) is 5.00. The number of hydrogen-bond acceptors (Lipinski definition) is 6. The molecule has 37 heavy (non-hydrogen) atoms. The molecular weight excluding hydrogens is 580 g/mol. The first-order valence-corrected chi connectivity index (χ1v) is 13.2. The van der Waals surface area contributed by atoms with Gasteiger partial charge in [0.2, 0.25) is 0 Å². The molecule has 0 aliphatic carbocycles. The smallest absolute Gasteiger partial charge is 0.335 e. The van der Waals surface area contributed by atoms with Gasteiger partial charge in [-0.15, -0.1) is 0 Å². The SMILES string of the molecule is CCOc1cc(/C=C2\SC(=Nc3ccc(C(=O)O)cc3)N(C)C2=O)c(Br)cc1OCc1ccccc1Cl. The van der Waals surface area contributed by atoms with E-state index >= 15 is 0 Å². The Hall–Kier alpha value is -3.27. The molecule has 0 saturated carbocycles. The normalized spacial score (nSPS) is 15.5. The Morgan fingerprint density at radius 2 is 1.84 bits per heavy atom. The van der Waals surface area contributed by atoms with E-state index in [4.69, 9.17) is 26.2 Å². The van der Waals surface area contributed by atoms with Crippen molar-refractivity contribution in [3.05, 3.63) is 91.8 Å². The summed E-state index contributed by atoms with van der Waals surface area (Å²) in [6.07, 6.45) is 1.77. The summed E-state index contributed by atoms with van der Waals surface area (Å²) in [4.78, 5) is 30.4. The average molecular weight is 602 g/mol. The molecular formula is C27H22BrClN2O5S. The van der Waals surface area contributed by atoms with Crippen LogP contribution in [-0.4, -0.2) is 40.7 Å². The van der Waals surface area contributed by atoms with Crippen molar-refractivity contribution >= 4 is 68.1 Å². The van der Waals surface area contributed by atoms with Crippen LogP contribution in [0.2, 0.25) is 5.02 Å². The van der Waals surface area contributed by atoms with Gasteiger partial charge >= 0.3 is 5.97 Å². The molecule has 1 fully saturated rings. The maximum atomic E-state index is 12.9. The molecule has 3 aromatic carbocycles. The van der Waals surface area contributed by atoms with E-state index < -0.39 is 5.97 Å². The lowest BCUT2D eigenvalue weighted by Crippen LogP contribution is -2.23. The third-order valence-corrected chi connectivity index (χ3v) is 7.45. The quantitative estimate of drug-likeness (QED) is 0.279. The molecule has 1 N–H and O–H groups in total. The van der Waals surface area contributed by atoms with Crippen molar-refractivity contribution in [2.24, 2.45) is 4.99 Å². The lowest BCUT2D eigenvalue weighted by molar-refractivity contribution is -0.121. The summed E-state index contributed by atoms with van der Waals surface area (Å²) >= 11 is 11.1. The predicted molar refractivity (Wildman–Crippen MR) is 150 cm³/mol. The molecule has 0 unspecified atom stereocenters. The third kappa shape index (κ3) is 6.36. The highest BCUT2D eigenvalue weighted by molar-refractivity contribution is 9.10.